The molecule has 29 heavy (non-hydrogen) atoms. The third-order valence-corrected chi connectivity index (χ3v) is 6.54. The summed E-state index contributed by atoms with van der Waals surface area (Å²) in [6.45, 7) is 4.51. The summed E-state index contributed by atoms with van der Waals surface area (Å²) < 4.78 is 7.74. The third-order valence-electron chi connectivity index (χ3n) is 4.28. The monoisotopic (exact) mass is 442 g/mol. The van der Waals surface area contributed by atoms with Gasteiger partial charge in [0.2, 0.25) is 0 Å². The lowest BCUT2D eigenvalue weighted by Crippen LogP contribution is -1.97. The van der Waals surface area contributed by atoms with Gasteiger partial charge in [-0.3, -0.25) is 4.57 Å². The van der Waals surface area contributed by atoms with E-state index in [0.29, 0.717) is 12.4 Å². The molecule has 4 aromatic rings. The number of thioether (sulfide) groups is 1. The number of ether oxygens (including phenoxy) is 1. The molecule has 0 aliphatic carbocycles. The third kappa shape index (κ3) is 4.98. The molecule has 2 aromatic carbocycles. The van der Waals surface area contributed by atoms with E-state index in [2.05, 4.69) is 27.5 Å². The Hall–Kier alpha value is -2.35. The van der Waals surface area contributed by atoms with Gasteiger partial charge in [0.25, 0.3) is 0 Å². The van der Waals surface area contributed by atoms with Crippen LogP contribution in [0.2, 0.25) is 5.02 Å². The van der Waals surface area contributed by atoms with Crippen LogP contribution in [0.4, 0.5) is 0 Å². The fourth-order valence-electron chi connectivity index (χ4n) is 2.63. The predicted molar refractivity (Wildman–Crippen MR) is 118 cm³/mol. The fourth-order valence-corrected chi connectivity index (χ4v) is 4.44. The zero-order valence-electron chi connectivity index (χ0n) is 16.0. The van der Waals surface area contributed by atoms with Crippen molar-refractivity contribution in [3.63, 3.8) is 0 Å². The fraction of sp³-hybridized carbons (Fsp3) is 0.190. The summed E-state index contributed by atoms with van der Waals surface area (Å²) in [5, 5.41) is 12.8. The number of hydrogen-bond donors (Lipinski definition) is 0. The molecule has 0 bridgehead atoms. The van der Waals surface area contributed by atoms with Crippen LogP contribution in [0.3, 0.4) is 0 Å². The zero-order valence-corrected chi connectivity index (χ0v) is 18.4. The van der Waals surface area contributed by atoms with Crippen molar-refractivity contribution in [2.45, 2.75) is 31.4 Å². The maximum absolute atomic E-state index is 6.26. The van der Waals surface area contributed by atoms with Crippen LogP contribution < -0.4 is 4.74 Å². The van der Waals surface area contributed by atoms with Crippen LogP contribution in [0.15, 0.2) is 59.3 Å². The molecule has 2 heterocycles. The van der Waals surface area contributed by atoms with Crippen LogP contribution >= 0.6 is 34.7 Å². The van der Waals surface area contributed by atoms with E-state index in [1.165, 1.54) is 5.56 Å². The molecule has 4 rings (SSSR count). The number of rotatable bonds is 7. The number of nitrogens with zero attached hydrogens (tertiary/aromatic N) is 4. The Bertz CT molecular complexity index is 1110. The highest BCUT2D eigenvalue weighted by molar-refractivity contribution is 7.98. The second-order valence-electron chi connectivity index (χ2n) is 6.54. The normalized spacial score (nSPS) is 11.0. The van der Waals surface area contributed by atoms with E-state index in [-0.39, 0.29) is 0 Å². The average Bonchev–Trinajstić information content (AvgIpc) is 3.37. The van der Waals surface area contributed by atoms with E-state index in [9.17, 15) is 0 Å². The Morgan fingerprint density at radius 3 is 2.76 bits per heavy atom. The van der Waals surface area contributed by atoms with Gasteiger partial charge in [-0.1, -0.05) is 47.1 Å². The van der Waals surface area contributed by atoms with Gasteiger partial charge in [0.15, 0.2) is 5.16 Å². The quantitative estimate of drug-likeness (QED) is 0.335. The molecule has 8 heteroatoms. The molecule has 0 saturated carbocycles. The summed E-state index contributed by atoms with van der Waals surface area (Å²) in [6.07, 6.45) is 1.70. The van der Waals surface area contributed by atoms with Crippen molar-refractivity contribution in [3.05, 3.63) is 81.0 Å². The van der Waals surface area contributed by atoms with Crippen LogP contribution in [-0.2, 0) is 12.4 Å². The van der Waals surface area contributed by atoms with Crippen molar-refractivity contribution in [2.24, 2.45) is 0 Å². The molecular formula is C21H19ClN4OS2. The summed E-state index contributed by atoms with van der Waals surface area (Å²) in [6, 6.07) is 14.0. The Balaban J connectivity index is 1.37. The molecule has 0 unspecified atom stereocenters. The van der Waals surface area contributed by atoms with Crippen LogP contribution in [0, 0.1) is 13.8 Å². The molecule has 0 radical (unpaired) electrons. The molecule has 0 aliphatic rings. The molecule has 0 aliphatic heterocycles. The van der Waals surface area contributed by atoms with E-state index in [1.54, 1.807) is 29.4 Å². The minimum atomic E-state index is 0.469. The summed E-state index contributed by atoms with van der Waals surface area (Å²) in [7, 11) is 0. The molecule has 0 amide bonds. The Morgan fingerprint density at radius 2 is 1.97 bits per heavy atom. The minimum absolute atomic E-state index is 0.469. The number of aryl methyl sites for hydroxylation is 2. The van der Waals surface area contributed by atoms with Gasteiger partial charge in [-0.2, -0.15) is 0 Å². The minimum Gasteiger partial charge on any atom is -0.486 e. The first kappa shape index (κ1) is 19.9. The van der Waals surface area contributed by atoms with Crippen molar-refractivity contribution in [1.29, 1.82) is 0 Å². The van der Waals surface area contributed by atoms with Crippen molar-refractivity contribution in [2.75, 3.05) is 0 Å². The highest BCUT2D eigenvalue weighted by Gasteiger charge is 2.11. The first-order chi connectivity index (χ1) is 14.1. The molecule has 0 atom stereocenters. The lowest BCUT2D eigenvalue weighted by atomic mass is 10.2. The zero-order chi connectivity index (χ0) is 20.2. The summed E-state index contributed by atoms with van der Waals surface area (Å²) in [5.74, 6) is 1.56. The predicted octanol–water partition coefficient (Wildman–Crippen LogP) is 5.87. The Morgan fingerprint density at radius 1 is 1.14 bits per heavy atom. The van der Waals surface area contributed by atoms with E-state index in [4.69, 9.17) is 16.3 Å². The average molecular weight is 443 g/mol. The first-order valence-corrected chi connectivity index (χ1v) is 11.2. The van der Waals surface area contributed by atoms with Gasteiger partial charge < -0.3 is 4.74 Å². The van der Waals surface area contributed by atoms with Gasteiger partial charge >= 0.3 is 0 Å². The smallest absolute Gasteiger partial charge is 0.195 e. The highest BCUT2D eigenvalue weighted by atomic mass is 35.5. The van der Waals surface area contributed by atoms with E-state index in [0.717, 1.165) is 37.9 Å². The van der Waals surface area contributed by atoms with Gasteiger partial charge in [-0.25, -0.2) is 4.98 Å². The van der Waals surface area contributed by atoms with Crippen molar-refractivity contribution in [3.8, 4) is 11.4 Å². The maximum Gasteiger partial charge on any atom is 0.195 e. The second-order valence-corrected chi connectivity index (χ2v) is 8.83. The molecule has 2 aromatic heterocycles. The number of hydrogen-bond acceptors (Lipinski definition) is 6. The topological polar surface area (TPSA) is 52.8 Å². The Labute approximate surface area is 182 Å². The lowest BCUT2D eigenvalue weighted by Gasteiger charge is -2.07. The molecule has 0 saturated heterocycles. The van der Waals surface area contributed by atoms with Gasteiger partial charge in [0.05, 0.1) is 11.4 Å². The first-order valence-electron chi connectivity index (χ1n) is 9.00. The summed E-state index contributed by atoms with van der Waals surface area (Å²) in [4.78, 5) is 4.66. The highest BCUT2D eigenvalue weighted by Crippen LogP contribution is 2.26. The summed E-state index contributed by atoms with van der Waals surface area (Å²) >= 11 is 9.45. The van der Waals surface area contributed by atoms with Crippen molar-refractivity contribution >= 4 is 34.7 Å². The summed E-state index contributed by atoms with van der Waals surface area (Å²) in [5.41, 5.74) is 4.20. The van der Waals surface area contributed by atoms with Crippen LogP contribution in [0.5, 0.6) is 5.75 Å². The van der Waals surface area contributed by atoms with Crippen LogP contribution in [0.1, 0.15) is 21.8 Å². The van der Waals surface area contributed by atoms with E-state index in [1.807, 2.05) is 54.0 Å². The molecular weight excluding hydrogens is 424 g/mol. The number of halogens is 1. The molecule has 0 N–H and O–H groups in total. The second kappa shape index (κ2) is 8.98. The van der Waals surface area contributed by atoms with Gasteiger partial charge in [-0.05, 0) is 43.7 Å². The molecule has 0 fully saturated rings. The number of aromatic nitrogens is 4. The van der Waals surface area contributed by atoms with Crippen LogP contribution in [0.25, 0.3) is 5.69 Å². The number of thiazole rings is 1. The van der Waals surface area contributed by atoms with Gasteiger partial charge in [-0.15, -0.1) is 21.5 Å². The van der Waals surface area contributed by atoms with Crippen LogP contribution in [-0.4, -0.2) is 19.7 Å². The largest absolute Gasteiger partial charge is 0.486 e. The van der Waals surface area contributed by atoms with E-state index < -0.39 is 0 Å². The molecule has 148 valence electrons. The molecule has 0 spiro atoms. The number of benzene rings is 2. The van der Waals surface area contributed by atoms with Crippen molar-refractivity contribution in [1.82, 2.24) is 19.7 Å². The van der Waals surface area contributed by atoms with Crippen molar-refractivity contribution < 1.29 is 4.74 Å². The molecule has 5 nitrogen and oxygen atoms in total. The van der Waals surface area contributed by atoms with Gasteiger partial charge in [0.1, 0.15) is 23.7 Å². The standard InChI is InChI=1S/C21H19ClN4OS2/c1-14-3-7-18(8-4-14)27-10-20-24-16(11-28-20)12-29-21-25-23-13-26(21)17-6-5-15(2)19(22)9-17/h3-9,11,13H,10,12H2,1-2H3. The Kier molecular flexibility index (Phi) is 6.18. The maximum atomic E-state index is 6.26. The SMILES string of the molecule is Cc1ccc(OCc2nc(CSc3nncn3-c3ccc(C)c(Cl)c3)cs2)cc1. The van der Waals surface area contributed by atoms with Gasteiger partial charge in [0, 0.05) is 16.2 Å². The lowest BCUT2D eigenvalue weighted by molar-refractivity contribution is 0.305. The van der Waals surface area contributed by atoms with E-state index >= 15 is 0 Å².